The minimum absolute atomic E-state index is 0.210. The van der Waals surface area contributed by atoms with E-state index in [0.717, 1.165) is 24.9 Å². The molecule has 0 bridgehead atoms. The van der Waals surface area contributed by atoms with Gasteiger partial charge in [-0.1, -0.05) is 19.9 Å². The number of methoxy groups -OCH3 is 1. The van der Waals surface area contributed by atoms with Gasteiger partial charge in [-0.05, 0) is 62.4 Å². The van der Waals surface area contributed by atoms with E-state index >= 15 is 0 Å². The van der Waals surface area contributed by atoms with Gasteiger partial charge in [0, 0.05) is 6.04 Å². The van der Waals surface area contributed by atoms with Crippen molar-refractivity contribution in [3.8, 4) is 11.5 Å². The zero-order valence-electron chi connectivity index (χ0n) is 13.1. The number of aromatic hydroxyl groups is 1. The Balaban J connectivity index is 2.03. The van der Waals surface area contributed by atoms with Gasteiger partial charge < -0.3 is 9.84 Å². The van der Waals surface area contributed by atoms with Crippen LogP contribution in [0.15, 0.2) is 18.2 Å². The highest BCUT2D eigenvalue weighted by molar-refractivity contribution is 5.42. The first-order valence-electron chi connectivity index (χ1n) is 7.64. The average Bonchev–Trinajstić information content (AvgIpc) is 2.47. The molecule has 0 spiro atoms. The Kier molecular flexibility index (Phi) is 4.92. The van der Waals surface area contributed by atoms with Crippen molar-refractivity contribution in [3.63, 3.8) is 0 Å². The molecule has 2 rings (SSSR count). The number of ether oxygens (including phenoxy) is 1. The molecule has 1 aromatic carbocycles. The summed E-state index contributed by atoms with van der Waals surface area (Å²) in [6, 6.07) is 6.05. The van der Waals surface area contributed by atoms with E-state index < -0.39 is 0 Å². The summed E-state index contributed by atoms with van der Waals surface area (Å²) in [4.78, 5) is 2.53. The maximum Gasteiger partial charge on any atom is 0.160 e. The third-order valence-electron chi connectivity index (χ3n) is 4.75. The molecule has 0 saturated carbocycles. The largest absolute Gasteiger partial charge is 0.504 e. The molecule has 3 heteroatoms. The van der Waals surface area contributed by atoms with Gasteiger partial charge in [-0.2, -0.15) is 0 Å². The fraction of sp³-hybridized carbons (Fsp3) is 0.647. The van der Waals surface area contributed by atoms with Gasteiger partial charge in [-0.3, -0.25) is 4.90 Å². The van der Waals surface area contributed by atoms with E-state index in [9.17, 15) is 5.11 Å². The lowest BCUT2D eigenvalue weighted by molar-refractivity contribution is 0.122. The summed E-state index contributed by atoms with van der Waals surface area (Å²) in [5.41, 5.74) is 1.21. The van der Waals surface area contributed by atoms with E-state index in [4.69, 9.17) is 4.74 Å². The quantitative estimate of drug-likeness (QED) is 0.908. The minimum atomic E-state index is 0.210. The van der Waals surface area contributed by atoms with Crippen molar-refractivity contribution in [2.75, 3.05) is 20.2 Å². The lowest BCUT2D eigenvalue weighted by Crippen LogP contribution is -2.36. The second kappa shape index (κ2) is 6.49. The molecule has 0 amide bonds. The summed E-state index contributed by atoms with van der Waals surface area (Å²) >= 11 is 0. The smallest absolute Gasteiger partial charge is 0.160 e. The first-order chi connectivity index (χ1) is 9.52. The van der Waals surface area contributed by atoms with Gasteiger partial charge in [0.15, 0.2) is 11.5 Å². The van der Waals surface area contributed by atoms with Gasteiger partial charge in [0.05, 0.1) is 7.11 Å². The van der Waals surface area contributed by atoms with Crippen molar-refractivity contribution in [1.82, 2.24) is 4.90 Å². The van der Waals surface area contributed by atoms with E-state index in [1.54, 1.807) is 13.2 Å². The SMILES string of the molecule is COc1cc(C(C)N2CCC(C(C)C)CC2)ccc1O. The topological polar surface area (TPSA) is 32.7 Å². The Hall–Kier alpha value is -1.22. The molecule has 1 saturated heterocycles. The molecule has 1 N–H and O–H groups in total. The molecule has 1 atom stereocenters. The lowest BCUT2D eigenvalue weighted by atomic mass is 9.86. The van der Waals surface area contributed by atoms with E-state index in [-0.39, 0.29) is 5.75 Å². The van der Waals surface area contributed by atoms with Gasteiger partial charge in [0.1, 0.15) is 0 Å². The Bertz CT molecular complexity index is 437. The highest BCUT2D eigenvalue weighted by Crippen LogP contribution is 2.33. The van der Waals surface area contributed by atoms with Crippen LogP contribution in [0.1, 0.15) is 45.2 Å². The first kappa shape index (κ1) is 15.2. The molecule has 1 unspecified atom stereocenters. The molecular formula is C17H27NO2. The number of nitrogens with zero attached hydrogens (tertiary/aromatic N) is 1. The van der Waals surface area contributed by atoms with Gasteiger partial charge >= 0.3 is 0 Å². The summed E-state index contributed by atoms with van der Waals surface area (Å²) in [5, 5.41) is 9.68. The van der Waals surface area contributed by atoms with Crippen LogP contribution < -0.4 is 4.74 Å². The molecule has 1 aliphatic heterocycles. The first-order valence-corrected chi connectivity index (χ1v) is 7.64. The van der Waals surface area contributed by atoms with Crippen LogP contribution in [0.2, 0.25) is 0 Å². The van der Waals surface area contributed by atoms with Crippen LogP contribution in [-0.2, 0) is 0 Å². The lowest BCUT2D eigenvalue weighted by Gasteiger charge is -2.37. The second-order valence-corrected chi connectivity index (χ2v) is 6.22. The van der Waals surface area contributed by atoms with Gasteiger partial charge in [0.25, 0.3) is 0 Å². The summed E-state index contributed by atoms with van der Waals surface area (Å²) in [6.45, 7) is 9.21. The van der Waals surface area contributed by atoms with Gasteiger partial charge in [0.2, 0.25) is 0 Å². The van der Waals surface area contributed by atoms with Crippen molar-refractivity contribution >= 4 is 0 Å². The maximum absolute atomic E-state index is 9.68. The van der Waals surface area contributed by atoms with Crippen LogP contribution in [0.4, 0.5) is 0 Å². The Morgan fingerprint density at radius 1 is 1.20 bits per heavy atom. The van der Waals surface area contributed by atoms with Crippen molar-refractivity contribution in [2.24, 2.45) is 11.8 Å². The Morgan fingerprint density at radius 2 is 1.85 bits per heavy atom. The van der Waals surface area contributed by atoms with Crippen LogP contribution >= 0.6 is 0 Å². The number of hydrogen-bond donors (Lipinski definition) is 1. The third kappa shape index (κ3) is 3.26. The summed E-state index contributed by atoms with van der Waals surface area (Å²) < 4.78 is 5.20. The Labute approximate surface area is 122 Å². The van der Waals surface area contributed by atoms with Crippen LogP contribution in [0.3, 0.4) is 0 Å². The zero-order chi connectivity index (χ0) is 14.7. The predicted molar refractivity (Wildman–Crippen MR) is 82.2 cm³/mol. The van der Waals surface area contributed by atoms with Crippen LogP contribution in [0, 0.1) is 11.8 Å². The highest BCUT2D eigenvalue weighted by Gasteiger charge is 2.25. The van der Waals surface area contributed by atoms with Crippen LogP contribution in [0.5, 0.6) is 11.5 Å². The van der Waals surface area contributed by atoms with Crippen LogP contribution in [0.25, 0.3) is 0 Å². The van der Waals surface area contributed by atoms with E-state index in [0.29, 0.717) is 11.8 Å². The molecule has 0 aliphatic carbocycles. The molecule has 1 aliphatic rings. The van der Waals surface area contributed by atoms with E-state index in [2.05, 4.69) is 25.7 Å². The summed E-state index contributed by atoms with van der Waals surface area (Å²) in [6.07, 6.45) is 2.58. The predicted octanol–water partition coefficient (Wildman–Crippen LogP) is 3.83. The highest BCUT2D eigenvalue weighted by atomic mass is 16.5. The monoisotopic (exact) mass is 277 g/mol. The fourth-order valence-electron chi connectivity index (χ4n) is 3.14. The fourth-order valence-corrected chi connectivity index (χ4v) is 3.14. The van der Waals surface area contributed by atoms with Gasteiger partial charge in [-0.25, -0.2) is 0 Å². The van der Waals surface area contributed by atoms with Crippen molar-refractivity contribution in [3.05, 3.63) is 23.8 Å². The molecule has 1 heterocycles. The standard InChI is InChI=1S/C17H27NO2/c1-12(2)14-7-9-18(10-8-14)13(3)15-5-6-16(19)17(11-15)20-4/h5-6,11-14,19H,7-10H2,1-4H3. The van der Waals surface area contributed by atoms with Crippen LogP contribution in [-0.4, -0.2) is 30.2 Å². The normalized spacial score (nSPS) is 19.2. The van der Waals surface area contributed by atoms with Gasteiger partial charge in [-0.15, -0.1) is 0 Å². The molecule has 0 aromatic heterocycles. The molecule has 20 heavy (non-hydrogen) atoms. The third-order valence-corrected chi connectivity index (χ3v) is 4.75. The average molecular weight is 277 g/mol. The molecule has 1 fully saturated rings. The molecule has 0 radical (unpaired) electrons. The minimum Gasteiger partial charge on any atom is -0.504 e. The van der Waals surface area contributed by atoms with E-state index in [1.807, 2.05) is 12.1 Å². The molecule has 1 aromatic rings. The number of phenolic OH excluding ortho intramolecular Hbond substituents is 1. The molecule has 112 valence electrons. The number of rotatable bonds is 4. The summed E-state index contributed by atoms with van der Waals surface area (Å²) in [5.74, 6) is 2.43. The summed E-state index contributed by atoms with van der Waals surface area (Å²) in [7, 11) is 1.59. The zero-order valence-corrected chi connectivity index (χ0v) is 13.1. The van der Waals surface area contributed by atoms with Crippen molar-refractivity contribution in [1.29, 1.82) is 0 Å². The number of hydrogen-bond acceptors (Lipinski definition) is 3. The number of likely N-dealkylation sites (tertiary alicyclic amines) is 1. The van der Waals surface area contributed by atoms with E-state index in [1.165, 1.54) is 18.4 Å². The number of benzene rings is 1. The molecular weight excluding hydrogens is 250 g/mol. The number of phenols is 1. The maximum atomic E-state index is 9.68. The second-order valence-electron chi connectivity index (χ2n) is 6.22. The molecule has 3 nitrogen and oxygen atoms in total. The van der Waals surface area contributed by atoms with Crippen molar-refractivity contribution in [2.45, 2.75) is 39.7 Å². The van der Waals surface area contributed by atoms with Crippen molar-refractivity contribution < 1.29 is 9.84 Å². The number of piperidine rings is 1. The Morgan fingerprint density at radius 3 is 2.40 bits per heavy atom.